The molecule has 0 unspecified atom stereocenters. The molecule has 0 radical (unpaired) electrons. The Morgan fingerprint density at radius 1 is 0.900 bits per heavy atom. The average molecular weight is 569 g/mol. The minimum Gasteiger partial charge on any atom is -0.493 e. The Balaban J connectivity index is 1.74. The molecule has 0 fully saturated rings. The number of ether oxygens (including phenoxy) is 2. The number of hydrogen-bond donors (Lipinski definition) is 2. The van der Waals surface area contributed by atoms with Gasteiger partial charge in [0.05, 0.1) is 31.2 Å². The van der Waals surface area contributed by atoms with Crippen LogP contribution in [0.3, 0.4) is 0 Å². The maximum absolute atomic E-state index is 13.2. The number of amides is 2. The summed E-state index contributed by atoms with van der Waals surface area (Å²) in [4.78, 5) is 26.2. The van der Waals surface area contributed by atoms with Crippen LogP contribution in [0, 0.1) is 13.8 Å². The lowest BCUT2D eigenvalue weighted by Crippen LogP contribution is -2.44. The largest absolute Gasteiger partial charge is 0.493 e. The Labute approximate surface area is 236 Å². The van der Waals surface area contributed by atoms with Crippen molar-refractivity contribution in [3.63, 3.8) is 0 Å². The second kappa shape index (κ2) is 13.3. The third-order valence-electron chi connectivity index (χ3n) is 6.25. The summed E-state index contributed by atoms with van der Waals surface area (Å²) in [6.45, 7) is 3.51. The predicted molar refractivity (Wildman–Crippen MR) is 157 cm³/mol. The summed E-state index contributed by atoms with van der Waals surface area (Å²) < 4.78 is 39.0. The highest BCUT2D eigenvalue weighted by atomic mass is 32.2. The monoisotopic (exact) mass is 568 g/mol. The summed E-state index contributed by atoms with van der Waals surface area (Å²) in [5, 5.41) is 5.59. The summed E-state index contributed by atoms with van der Waals surface area (Å²) >= 11 is 0. The highest BCUT2D eigenvalue weighted by Crippen LogP contribution is 2.28. The fraction of sp³-hybridized carbons (Fsp3) is 0.310. The van der Waals surface area contributed by atoms with Crippen LogP contribution in [0.2, 0.25) is 0 Å². The van der Waals surface area contributed by atoms with E-state index in [1.54, 1.807) is 57.5 Å². The van der Waals surface area contributed by atoms with Gasteiger partial charge in [0, 0.05) is 20.6 Å². The number of hydrogen-bond acceptors (Lipinski definition) is 6. The van der Waals surface area contributed by atoms with E-state index < -0.39 is 22.7 Å². The zero-order valence-electron chi connectivity index (χ0n) is 23.6. The van der Waals surface area contributed by atoms with E-state index in [1.165, 1.54) is 14.1 Å². The normalized spacial score (nSPS) is 11.2. The van der Waals surface area contributed by atoms with Crippen LogP contribution in [0.25, 0.3) is 0 Å². The predicted octanol–water partition coefficient (Wildman–Crippen LogP) is 3.54. The Morgan fingerprint density at radius 3 is 2.27 bits per heavy atom. The first-order chi connectivity index (χ1) is 19.0. The maximum Gasteiger partial charge on any atom is 0.304 e. The highest BCUT2D eigenvalue weighted by molar-refractivity contribution is 7.90. The van der Waals surface area contributed by atoms with E-state index >= 15 is 0 Å². The van der Waals surface area contributed by atoms with E-state index in [0.717, 1.165) is 19.7 Å². The molecule has 0 spiro atoms. The summed E-state index contributed by atoms with van der Waals surface area (Å²) in [7, 11) is 1.96. The van der Waals surface area contributed by atoms with Crippen LogP contribution in [-0.2, 0) is 21.4 Å². The lowest BCUT2D eigenvalue weighted by atomic mass is 10.1. The number of rotatable bonds is 12. The van der Waals surface area contributed by atoms with Gasteiger partial charge in [-0.1, -0.05) is 30.3 Å². The van der Waals surface area contributed by atoms with Gasteiger partial charge in [-0.2, -0.15) is 12.7 Å². The van der Waals surface area contributed by atoms with Crippen molar-refractivity contribution in [3.05, 3.63) is 82.9 Å². The third-order valence-corrected chi connectivity index (χ3v) is 8.06. The Hall–Kier alpha value is -4.09. The molecule has 40 heavy (non-hydrogen) atoms. The van der Waals surface area contributed by atoms with E-state index in [2.05, 4.69) is 10.6 Å². The van der Waals surface area contributed by atoms with Crippen LogP contribution in [-0.4, -0.2) is 65.9 Å². The summed E-state index contributed by atoms with van der Waals surface area (Å²) in [6, 6.07) is 17.5. The second-order valence-corrected chi connectivity index (χ2v) is 11.4. The van der Waals surface area contributed by atoms with Crippen LogP contribution in [0.4, 0.5) is 11.4 Å². The van der Waals surface area contributed by atoms with Gasteiger partial charge in [0.15, 0.2) is 11.5 Å². The Bertz CT molecular complexity index is 1470. The van der Waals surface area contributed by atoms with Gasteiger partial charge in [-0.25, -0.2) is 4.31 Å². The molecule has 0 bridgehead atoms. The molecular formula is C29H36N4O6S. The lowest BCUT2D eigenvalue weighted by molar-refractivity contribution is -0.114. The SMILES string of the molecule is COc1ccc(CCNC(=O)c2ccccc2NC(=O)CN(c2cc(C)ccc2C)S(=O)(=O)N(C)C)cc1OC. The number of carbonyl (C=O) groups excluding carboxylic acids is 2. The van der Waals surface area contributed by atoms with Crippen molar-refractivity contribution >= 4 is 33.4 Å². The lowest BCUT2D eigenvalue weighted by Gasteiger charge is -2.28. The van der Waals surface area contributed by atoms with Crippen molar-refractivity contribution in [2.75, 3.05) is 51.0 Å². The van der Waals surface area contributed by atoms with Crippen LogP contribution < -0.4 is 24.4 Å². The Morgan fingerprint density at radius 2 is 1.60 bits per heavy atom. The molecule has 214 valence electrons. The number of nitrogens with one attached hydrogen (secondary N) is 2. The molecule has 11 heteroatoms. The van der Waals surface area contributed by atoms with Gasteiger partial charge in [-0.15, -0.1) is 0 Å². The molecule has 0 atom stereocenters. The molecular weight excluding hydrogens is 532 g/mol. The summed E-state index contributed by atoms with van der Waals surface area (Å²) in [6.07, 6.45) is 0.549. The van der Waals surface area contributed by atoms with Crippen LogP contribution >= 0.6 is 0 Å². The van der Waals surface area contributed by atoms with E-state index in [-0.39, 0.29) is 17.2 Å². The number of nitrogens with zero attached hydrogens (tertiary/aromatic N) is 2. The number of para-hydroxylation sites is 1. The first kappa shape index (κ1) is 30.5. The fourth-order valence-corrected chi connectivity index (χ4v) is 5.16. The summed E-state index contributed by atoms with van der Waals surface area (Å²) in [5.74, 6) is 0.264. The van der Waals surface area contributed by atoms with Gasteiger partial charge < -0.3 is 20.1 Å². The van der Waals surface area contributed by atoms with Crippen molar-refractivity contribution in [3.8, 4) is 11.5 Å². The molecule has 0 saturated heterocycles. The smallest absolute Gasteiger partial charge is 0.304 e. The van der Waals surface area contributed by atoms with Crippen LogP contribution in [0.1, 0.15) is 27.0 Å². The minimum atomic E-state index is -3.98. The van der Waals surface area contributed by atoms with Crippen molar-refractivity contribution in [1.82, 2.24) is 9.62 Å². The molecule has 0 aliphatic carbocycles. The van der Waals surface area contributed by atoms with E-state index in [0.29, 0.717) is 35.7 Å². The molecule has 3 aromatic rings. The number of methoxy groups -OCH3 is 2. The first-order valence-corrected chi connectivity index (χ1v) is 14.0. The number of aryl methyl sites for hydroxylation is 2. The van der Waals surface area contributed by atoms with Crippen LogP contribution in [0.5, 0.6) is 11.5 Å². The van der Waals surface area contributed by atoms with Crippen molar-refractivity contribution in [1.29, 1.82) is 0 Å². The van der Waals surface area contributed by atoms with E-state index in [1.807, 2.05) is 31.2 Å². The molecule has 0 heterocycles. The topological polar surface area (TPSA) is 117 Å². The molecule has 3 rings (SSSR count). The Kier molecular flexibility index (Phi) is 10.1. The van der Waals surface area contributed by atoms with Gasteiger partial charge in [0.1, 0.15) is 6.54 Å². The zero-order chi connectivity index (χ0) is 29.4. The van der Waals surface area contributed by atoms with Crippen molar-refractivity contribution in [2.45, 2.75) is 20.3 Å². The number of carbonyl (C=O) groups is 2. The van der Waals surface area contributed by atoms with E-state index in [4.69, 9.17) is 9.47 Å². The third kappa shape index (κ3) is 7.30. The molecule has 10 nitrogen and oxygen atoms in total. The molecule has 0 aliphatic rings. The van der Waals surface area contributed by atoms with Crippen molar-refractivity contribution in [2.24, 2.45) is 0 Å². The quantitative estimate of drug-likeness (QED) is 0.345. The average Bonchev–Trinajstić information content (AvgIpc) is 2.93. The van der Waals surface area contributed by atoms with E-state index in [9.17, 15) is 18.0 Å². The van der Waals surface area contributed by atoms with Gasteiger partial charge in [-0.3, -0.25) is 9.59 Å². The molecule has 2 N–H and O–H groups in total. The summed E-state index contributed by atoms with van der Waals surface area (Å²) in [5.41, 5.74) is 3.46. The molecule has 0 aromatic heterocycles. The van der Waals surface area contributed by atoms with Gasteiger partial charge in [0.2, 0.25) is 5.91 Å². The number of anilines is 2. The standard InChI is InChI=1S/C29H36N4O6S/c1-20-11-12-21(2)25(17-20)33(40(36,37)32(3)4)19-28(34)31-24-10-8-7-9-23(24)29(35)30-16-15-22-13-14-26(38-5)27(18-22)39-6/h7-14,17-18H,15-16,19H2,1-6H3,(H,30,35)(H,31,34). The van der Waals surface area contributed by atoms with Gasteiger partial charge >= 0.3 is 10.2 Å². The zero-order valence-corrected chi connectivity index (χ0v) is 24.5. The van der Waals surface area contributed by atoms with Crippen molar-refractivity contribution < 1.29 is 27.5 Å². The maximum atomic E-state index is 13.2. The molecule has 0 saturated carbocycles. The fourth-order valence-electron chi connectivity index (χ4n) is 4.04. The van der Waals surface area contributed by atoms with Gasteiger partial charge in [0.25, 0.3) is 5.91 Å². The number of benzene rings is 3. The minimum absolute atomic E-state index is 0.261. The highest BCUT2D eigenvalue weighted by Gasteiger charge is 2.29. The molecule has 3 aromatic carbocycles. The second-order valence-electron chi connectivity index (χ2n) is 9.38. The molecule has 2 amide bonds. The first-order valence-electron chi connectivity index (χ1n) is 12.6. The molecule has 0 aliphatic heterocycles. The van der Waals surface area contributed by atoms with Gasteiger partial charge in [-0.05, 0) is 67.3 Å². The van der Waals surface area contributed by atoms with Crippen LogP contribution in [0.15, 0.2) is 60.7 Å².